The van der Waals surface area contributed by atoms with E-state index < -0.39 is 5.60 Å². The molecule has 0 aliphatic heterocycles. The minimum atomic E-state index is -1.28. The van der Waals surface area contributed by atoms with Crippen molar-refractivity contribution in [3.63, 3.8) is 0 Å². The molecule has 2 N–H and O–H groups in total. The topological polar surface area (TPSA) is 62.5 Å². The minimum absolute atomic E-state index is 0.0603. The van der Waals surface area contributed by atoms with Gasteiger partial charge in [-0.05, 0) is 30.7 Å². The van der Waals surface area contributed by atoms with Crippen LogP contribution >= 0.6 is 0 Å². The van der Waals surface area contributed by atoms with E-state index in [0.717, 1.165) is 10.9 Å². The van der Waals surface area contributed by atoms with Gasteiger partial charge in [0.25, 0.3) is 0 Å². The lowest BCUT2D eigenvalue weighted by Crippen LogP contribution is -2.37. The highest BCUT2D eigenvalue weighted by Gasteiger charge is 2.27. The fourth-order valence-electron chi connectivity index (χ4n) is 2.39. The molecule has 1 atom stereocenters. The van der Waals surface area contributed by atoms with E-state index in [1.165, 1.54) is 6.08 Å². The third-order valence-electron chi connectivity index (χ3n) is 3.79. The van der Waals surface area contributed by atoms with Crippen molar-refractivity contribution in [3.05, 3.63) is 78.1 Å². The SMILES string of the molecule is CC(O)(CNC(=O)C=Cc1ccccc1)c1cc2ccccc2o1. The maximum atomic E-state index is 11.9. The van der Waals surface area contributed by atoms with Crippen molar-refractivity contribution >= 4 is 23.0 Å². The molecule has 0 saturated carbocycles. The second-order valence-corrected chi connectivity index (χ2v) is 5.88. The lowest BCUT2D eigenvalue weighted by atomic mass is 10.0. The number of carbonyl (C=O) groups is 1. The van der Waals surface area contributed by atoms with Crippen LogP contribution in [-0.2, 0) is 10.4 Å². The zero-order valence-corrected chi connectivity index (χ0v) is 13.4. The minimum Gasteiger partial charge on any atom is -0.458 e. The highest BCUT2D eigenvalue weighted by atomic mass is 16.4. The van der Waals surface area contributed by atoms with Gasteiger partial charge in [-0.1, -0.05) is 48.5 Å². The molecule has 122 valence electrons. The van der Waals surface area contributed by atoms with Gasteiger partial charge in [-0.3, -0.25) is 4.79 Å². The largest absolute Gasteiger partial charge is 0.458 e. The Balaban J connectivity index is 1.64. The molecule has 2 aromatic carbocycles. The third kappa shape index (κ3) is 3.73. The van der Waals surface area contributed by atoms with Gasteiger partial charge < -0.3 is 14.8 Å². The number of rotatable bonds is 5. The number of hydrogen-bond donors (Lipinski definition) is 2. The molecule has 4 heteroatoms. The smallest absolute Gasteiger partial charge is 0.244 e. The predicted molar refractivity (Wildman–Crippen MR) is 94.3 cm³/mol. The van der Waals surface area contributed by atoms with Crippen LogP contribution in [-0.4, -0.2) is 17.6 Å². The second-order valence-electron chi connectivity index (χ2n) is 5.88. The number of nitrogens with one attached hydrogen (secondary N) is 1. The van der Waals surface area contributed by atoms with Crippen molar-refractivity contribution in [3.8, 4) is 0 Å². The predicted octanol–water partition coefficient (Wildman–Crippen LogP) is 3.47. The van der Waals surface area contributed by atoms with Crippen LogP contribution in [0, 0.1) is 0 Å². The van der Waals surface area contributed by atoms with Crippen LogP contribution in [0.15, 0.2) is 71.2 Å². The summed E-state index contributed by atoms with van der Waals surface area (Å²) in [6, 6.07) is 18.9. The van der Waals surface area contributed by atoms with Gasteiger partial charge in [-0.15, -0.1) is 0 Å². The third-order valence-corrected chi connectivity index (χ3v) is 3.79. The normalized spacial score (nSPS) is 13.9. The van der Waals surface area contributed by atoms with Gasteiger partial charge in [-0.2, -0.15) is 0 Å². The number of fused-ring (bicyclic) bond motifs is 1. The molecular weight excluding hydrogens is 302 g/mol. The standard InChI is InChI=1S/C20H19NO3/c1-20(23,18-13-16-9-5-6-10-17(16)24-18)14-21-19(22)12-11-15-7-3-2-4-8-15/h2-13,23H,14H2,1H3,(H,21,22). The first kappa shape index (κ1) is 16.0. The number of amides is 1. The van der Waals surface area contributed by atoms with Gasteiger partial charge in [0.15, 0.2) is 0 Å². The molecule has 0 saturated heterocycles. The summed E-state index contributed by atoms with van der Waals surface area (Å²) in [7, 11) is 0. The molecule has 1 aromatic heterocycles. The number of para-hydroxylation sites is 1. The van der Waals surface area contributed by atoms with E-state index in [1.807, 2.05) is 54.6 Å². The monoisotopic (exact) mass is 321 g/mol. The lowest BCUT2D eigenvalue weighted by Gasteiger charge is -2.20. The van der Waals surface area contributed by atoms with E-state index >= 15 is 0 Å². The molecule has 24 heavy (non-hydrogen) atoms. The summed E-state index contributed by atoms with van der Waals surface area (Å²) in [5.74, 6) is 0.159. The van der Waals surface area contributed by atoms with E-state index in [4.69, 9.17) is 4.42 Å². The van der Waals surface area contributed by atoms with Gasteiger partial charge in [0.1, 0.15) is 16.9 Å². The van der Waals surface area contributed by atoms with Gasteiger partial charge in [0.05, 0.1) is 6.54 Å². The van der Waals surface area contributed by atoms with Crippen LogP contribution < -0.4 is 5.32 Å². The number of benzene rings is 2. The Kier molecular flexibility index (Phi) is 4.49. The van der Waals surface area contributed by atoms with Crippen LogP contribution in [0.5, 0.6) is 0 Å². The zero-order chi connectivity index (χ0) is 17.0. The van der Waals surface area contributed by atoms with Gasteiger partial charge in [-0.25, -0.2) is 0 Å². The maximum Gasteiger partial charge on any atom is 0.244 e. The molecular formula is C20H19NO3. The molecule has 1 amide bonds. The van der Waals surface area contributed by atoms with Crippen LogP contribution in [0.1, 0.15) is 18.2 Å². The highest BCUT2D eigenvalue weighted by molar-refractivity contribution is 5.91. The molecule has 4 nitrogen and oxygen atoms in total. The van der Waals surface area contributed by atoms with E-state index in [0.29, 0.717) is 11.3 Å². The average molecular weight is 321 g/mol. The lowest BCUT2D eigenvalue weighted by molar-refractivity contribution is -0.117. The van der Waals surface area contributed by atoms with E-state index in [9.17, 15) is 9.90 Å². The molecule has 0 spiro atoms. The van der Waals surface area contributed by atoms with Crippen molar-refractivity contribution in [2.75, 3.05) is 6.54 Å². The zero-order valence-electron chi connectivity index (χ0n) is 13.4. The summed E-state index contributed by atoms with van der Waals surface area (Å²) in [5.41, 5.74) is 0.370. The Bertz CT molecular complexity index is 830. The Morgan fingerprint density at radius 3 is 2.62 bits per heavy atom. The fraction of sp³-hybridized carbons (Fsp3) is 0.150. The first-order valence-corrected chi connectivity index (χ1v) is 7.77. The van der Waals surface area contributed by atoms with Crippen molar-refractivity contribution < 1.29 is 14.3 Å². The molecule has 0 fully saturated rings. The molecule has 1 unspecified atom stereocenters. The second kappa shape index (κ2) is 6.72. The van der Waals surface area contributed by atoms with Gasteiger partial charge >= 0.3 is 0 Å². The van der Waals surface area contributed by atoms with Crippen molar-refractivity contribution in [1.29, 1.82) is 0 Å². The molecule has 0 aliphatic rings. The Hall–Kier alpha value is -2.85. The first-order valence-electron chi connectivity index (χ1n) is 7.77. The molecule has 3 aromatic rings. The maximum absolute atomic E-state index is 11.9. The first-order chi connectivity index (χ1) is 11.5. The quantitative estimate of drug-likeness (QED) is 0.707. The highest BCUT2D eigenvalue weighted by Crippen LogP contribution is 2.27. The van der Waals surface area contributed by atoms with E-state index in [-0.39, 0.29) is 12.5 Å². The Morgan fingerprint density at radius 1 is 1.17 bits per heavy atom. The van der Waals surface area contributed by atoms with Crippen LogP contribution in [0.2, 0.25) is 0 Å². The summed E-state index contributed by atoms with van der Waals surface area (Å²) < 4.78 is 5.68. The summed E-state index contributed by atoms with van der Waals surface area (Å²) in [6.45, 7) is 1.68. The van der Waals surface area contributed by atoms with E-state index in [2.05, 4.69) is 5.32 Å². The number of hydrogen-bond acceptors (Lipinski definition) is 3. The molecule has 0 bridgehead atoms. The molecule has 1 heterocycles. The number of carbonyl (C=O) groups excluding carboxylic acids is 1. The number of furan rings is 1. The fourth-order valence-corrected chi connectivity index (χ4v) is 2.39. The van der Waals surface area contributed by atoms with Crippen molar-refractivity contribution in [1.82, 2.24) is 5.32 Å². The molecule has 0 radical (unpaired) electrons. The van der Waals surface area contributed by atoms with Crippen molar-refractivity contribution in [2.45, 2.75) is 12.5 Å². The van der Waals surface area contributed by atoms with Crippen molar-refractivity contribution in [2.24, 2.45) is 0 Å². The Morgan fingerprint density at radius 2 is 1.88 bits per heavy atom. The molecule has 3 rings (SSSR count). The van der Waals surface area contributed by atoms with Crippen LogP contribution in [0.4, 0.5) is 0 Å². The summed E-state index contributed by atoms with van der Waals surface area (Å²) in [6.07, 6.45) is 3.18. The van der Waals surface area contributed by atoms with Gasteiger partial charge in [0, 0.05) is 11.5 Å². The van der Waals surface area contributed by atoms with Gasteiger partial charge in [0.2, 0.25) is 5.91 Å². The summed E-state index contributed by atoms with van der Waals surface area (Å²) in [5, 5.41) is 14.2. The average Bonchev–Trinajstić information content (AvgIpc) is 3.04. The summed E-state index contributed by atoms with van der Waals surface area (Å²) in [4.78, 5) is 11.9. The number of aliphatic hydroxyl groups is 1. The summed E-state index contributed by atoms with van der Waals surface area (Å²) >= 11 is 0. The van der Waals surface area contributed by atoms with Crippen LogP contribution in [0.3, 0.4) is 0 Å². The van der Waals surface area contributed by atoms with Crippen LogP contribution in [0.25, 0.3) is 17.0 Å². The Labute approximate surface area is 140 Å². The molecule has 0 aliphatic carbocycles. The van der Waals surface area contributed by atoms with E-state index in [1.54, 1.807) is 19.1 Å².